The third kappa shape index (κ3) is 2.99. The van der Waals surface area contributed by atoms with Gasteiger partial charge in [-0.2, -0.15) is 0 Å². The normalized spacial score (nSPS) is 14.8. The first-order chi connectivity index (χ1) is 10.2. The molecule has 3 rings (SSSR count). The van der Waals surface area contributed by atoms with Crippen molar-refractivity contribution in [3.63, 3.8) is 0 Å². The number of aryl methyl sites for hydroxylation is 1. The van der Waals surface area contributed by atoms with Gasteiger partial charge in [0, 0.05) is 31.9 Å². The fraction of sp³-hybridized carbons (Fsp3) is 0.562. The average Bonchev–Trinajstić information content (AvgIpc) is 2.85. The molecule has 0 bridgehead atoms. The number of hydrogen-bond donors (Lipinski definition) is 1. The Bertz CT molecular complexity index is 623. The smallest absolute Gasteiger partial charge is 0.183 e. The Hall–Kier alpha value is -1.33. The van der Waals surface area contributed by atoms with Crippen molar-refractivity contribution in [2.45, 2.75) is 32.7 Å². The number of nitrogens with one attached hydrogen (secondary N) is 1. The number of aromatic nitrogens is 1. The summed E-state index contributed by atoms with van der Waals surface area (Å²) in [4.78, 5) is 7.21. The summed E-state index contributed by atoms with van der Waals surface area (Å²) < 4.78 is 6.34. The van der Waals surface area contributed by atoms with E-state index < -0.39 is 0 Å². The summed E-state index contributed by atoms with van der Waals surface area (Å²) in [5.74, 6) is 0. The molecule has 0 spiro atoms. The molecule has 4 nitrogen and oxygen atoms in total. The van der Waals surface area contributed by atoms with E-state index in [1.165, 1.54) is 28.8 Å². The fourth-order valence-electron chi connectivity index (χ4n) is 2.90. The molecule has 1 aliphatic rings. The van der Waals surface area contributed by atoms with E-state index in [-0.39, 0.29) is 0 Å². The minimum absolute atomic E-state index is 0.541. The molecule has 0 amide bonds. The van der Waals surface area contributed by atoms with Crippen molar-refractivity contribution in [2.24, 2.45) is 0 Å². The lowest BCUT2D eigenvalue weighted by Gasteiger charge is -2.34. The van der Waals surface area contributed by atoms with E-state index in [2.05, 4.69) is 36.2 Å². The Kier molecular flexibility index (Phi) is 4.31. The lowest BCUT2D eigenvalue weighted by atomic mass is 10.00. The van der Waals surface area contributed by atoms with Crippen LogP contribution in [0.1, 0.15) is 25.8 Å². The first-order valence-corrected chi connectivity index (χ1v) is 8.43. The van der Waals surface area contributed by atoms with E-state index in [1.54, 1.807) is 18.4 Å². The van der Waals surface area contributed by atoms with E-state index in [1.807, 2.05) is 0 Å². The SMILES string of the molecule is COCCNc1nc2cc3c(cc2s1)CCCN3C(C)C. The molecule has 0 saturated heterocycles. The number of hydrogen-bond acceptors (Lipinski definition) is 5. The first kappa shape index (κ1) is 14.6. The molecular weight excluding hydrogens is 282 g/mol. The van der Waals surface area contributed by atoms with Crippen LogP contribution in [-0.4, -0.2) is 37.8 Å². The number of rotatable bonds is 5. The second-order valence-corrected chi connectivity index (χ2v) is 6.81. The van der Waals surface area contributed by atoms with Crippen LogP contribution in [0.5, 0.6) is 0 Å². The number of anilines is 2. The molecule has 0 fully saturated rings. The van der Waals surface area contributed by atoms with Gasteiger partial charge >= 0.3 is 0 Å². The number of nitrogens with zero attached hydrogens (tertiary/aromatic N) is 2. The summed E-state index contributed by atoms with van der Waals surface area (Å²) in [5, 5.41) is 4.31. The third-order valence-electron chi connectivity index (χ3n) is 3.95. The zero-order chi connectivity index (χ0) is 14.8. The van der Waals surface area contributed by atoms with Crippen LogP contribution in [0.15, 0.2) is 12.1 Å². The summed E-state index contributed by atoms with van der Waals surface area (Å²) in [7, 11) is 1.72. The molecule has 114 valence electrons. The number of ether oxygens (including phenoxy) is 1. The minimum atomic E-state index is 0.541. The van der Waals surface area contributed by atoms with Gasteiger partial charge < -0.3 is 15.0 Å². The summed E-state index contributed by atoms with van der Waals surface area (Å²) in [5.41, 5.74) is 3.94. The first-order valence-electron chi connectivity index (χ1n) is 7.62. The van der Waals surface area contributed by atoms with Gasteiger partial charge in [0.2, 0.25) is 0 Å². The van der Waals surface area contributed by atoms with Gasteiger partial charge in [-0.05, 0) is 44.4 Å². The van der Waals surface area contributed by atoms with E-state index in [4.69, 9.17) is 9.72 Å². The quantitative estimate of drug-likeness (QED) is 0.858. The zero-order valence-corrected chi connectivity index (χ0v) is 13.8. The van der Waals surface area contributed by atoms with Crippen LogP contribution in [0.4, 0.5) is 10.8 Å². The van der Waals surface area contributed by atoms with Crippen molar-refractivity contribution in [3.05, 3.63) is 17.7 Å². The van der Waals surface area contributed by atoms with Crippen LogP contribution in [0.25, 0.3) is 10.2 Å². The van der Waals surface area contributed by atoms with Gasteiger partial charge in [-0.3, -0.25) is 0 Å². The molecule has 1 N–H and O–H groups in total. The van der Waals surface area contributed by atoms with E-state index in [9.17, 15) is 0 Å². The third-order valence-corrected chi connectivity index (χ3v) is 4.93. The predicted molar refractivity (Wildman–Crippen MR) is 90.8 cm³/mol. The fourth-order valence-corrected chi connectivity index (χ4v) is 3.84. The molecule has 5 heteroatoms. The lowest BCUT2D eigenvalue weighted by molar-refractivity contribution is 0.211. The van der Waals surface area contributed by atoms with Gasteiger partial charge in [0.05, 0.1) is 16.8 Å². The van der Waals surface area contributed by atoms with Gasteiger partial charge in [0.1, 0.15) is 0 Å². The molecule has 1 aliphatic heterocycles. The molecule has 2 aromatic rings. The number of thiazole rings is 1. The van der Waals surface area contributed by atoms with E-state index in [0.717, 1.165) is 23.7 Å². The highest BCUT2D eigenvalue weighted by atomic mass is 32.1. The van der Waals surface area contributed by atoms with Crippen molar-refractivity contribution < 1.29 is 4.74 Å². The molecule has 0 saturated carbocycles. The van der Waals surface area contributed by atoms with E-state index >= 15 is 0 Å². The molecule has 1 aromatic carbocycles. The molecule has 0 aliphatic carbocycles. The predicted octanol–water partition coefficient (Wildman–Crippen LogP) is 3.52. The maximum Gasteiger partial charge on any atom is 0.183 e. The largest absolute Gasteiger partial charge is 0.383 e. The monoisotopic (exact) mass is 305 g/mol. The average molecular weight is 305 g/mol. The Morgan fingerprint density at radius 2 is 2.29 bits per heavy atom. The summed E-state index contributed by atoms with van der Waals surface area (Å²) >= 11 is 1.73. The molecular formula is C16H23N3OS. The van der Waals surface area contributed by atoms with Crippen molar-refractivity contribution in [1.29, 1.82) is 0 Å². The van der Waals surface area contributed by atoms with Gasteiger partial charge in [0.15, 0.2) is 5.13 Å². The molecule has 2 heterocycles. The van der Waals surface area contributed by atoms with Gasteiger partial charge in [-0.15, -0.1) is 0 Å². The summed E-state index contributed by atoms with van der Waals surface area (Å²) in [6.45, 7) is 7.18. The Morgan fingerprint density at radius 3 is 3.05 bits per heavy atom. The highest BCUT2D eigenvalue weighted by molar-refractivity contribution is 7.22. The van der Waals surface area contributed by atoms with Crippen molar-refractivity contribution in [3.8, 4) is 0 Å². The van der Waals surface area contributed by atoms with Crippen molar-refractivity contribution in [2.75, 3.05) is 37.0 Å². The van der Waals surface area contributed by atoms with Crippen LogP contribution in [0.2, 0.25) is 0 Å². The second kappa shape index (κ2) is 6.20. The molecule has 0 unspecified atom stereocenters. The van der Waals surface area contributed by atoms with Crippen LogP contribution >= 0.6 is 11.3 Å². The van der Waals surface area contributed by atoms with Crippen molar-refractivity contribution in [1.82, 2.24) is 4.98 Å². The molecule has 1 aromatic heterocycles. The number of methoxy groups -OCH3 is 1. The van der Waals surface area contributed by atoms with Crippen LogP contribution in [-0.2, 0) is 11.2 Å². The van der Waals surface area contributed by atoms with Crippen LogP contribution < -0.4 is 10.2 Å². The highest BCUT2D eigenvalue weighted by Gasteiger charge is 2.20. The van der Waals surface area contributed by atoms with Crippen molar-refractivity contribution >= 4 is 32.4 Å². The van der Waals surface area contributed by atoms with Gasteiger partial charge in [-0.1, -0.05) is 11.3 Å². The second-order valence-electron chi connectivity index (χ2n) is 5.78. The highest BCUT2D eigenvalue weighted by Crippen LogP contribution is 2.36. The topological polar surface area (TPSA) is 37.4 Å². The van der Waals surface area contributed by atoms with Gasteiger partial charge in [-0.25, -0.2) is 4.98 Å². The number of benzene rings is 1. The number of fused-ring (bicyclic) bond motifs is 2. The van der Waals surface area contributed by atoms with E-state index in [0.29, 0.717) is 12.6 Å². The maximum atomic E-state index is 5.07. The maximum absolute atomic E-state index is 5.07. The zero-order valence-electron chi connectivity index (χ0n) is 13.0. The standard InChI is InChI=1S/C16H23N3OS/c1-11(2)19-7-4-5-12-9-15-13(10-14(12)19)18-16(21-15)17-6-8-20-3/h9-11H,4-8H2,1-3H3,(H,17,18). The summed E-state index contributed by atoms with van der Waals surface area (Å²) in [6.07, 6.45) is 2.42. The Morgan fingerprint density at radius 1 is 1.43 bits per heavy atom. The molecule has 21 heavy (non-hydrogen) atoms. The minimum Gasteiger partial charge on any atom is -0.383 e. The summed E-state index contributed by atoms with van der Waals surface area (Å²) in [6, 6.07) is 5.14. The molecule has 0 radical (unpaired) electrons. The van der Waals surface area contributed by atoms with Crippen LogP contribution in [0, 0.1) is 0 Å². The lowest BCUT2D eigenvalue weighted by Crippen LogP contribution is -2.35. The Labute approximate surface area is 130 Å². The van der Waals surface area contributed by atoms with Gasteiger partial charge in [0.25, 0.3) is 0 Å². The Balaban J connectivity index is 1.91. The molecule has 0 atom stereocenters. The van der Waals surface area contributed by atoms with Crippen LogP contribution in [0.3, 0.4) is 0 Å².